The van der Waals surface area contributed by atoms with Crippen LogP contribution in [0.5, 0.6) is 0 Å². The average Bonchev–Trinajstić information content (AvgIpc) is 2.31. The topological polar surface area (TPSA) is 49.3 Å². The van der Waals surface area contributed by atoms with E-state index in [2.05, 4.69) is 5.32 Å². The zero-order valence-electron chi connectivity index (χ0n) is 10.7. The van der Waals surface area contributed by atoms with Crippen LogP contribution in [0.4, 0.5) is 5.69 Å². The molecule has 0 spiro atoms. The average molecular weight is 235 g/mol. The molecule has 1 unspecified atom stereocenters. The summed E-state index contributed by atoms with van der Waals surface area (Å²) in [5, 5.41) is 12.4. The number of rotatable bonds is 6. The number of nitrogens with one attached hydrogen (secondary N) is 1. The maximum Gasteiger partial charge on any atom is 0.326 e. The van der Waals surface area contributed by atoms with Crippen LogP contribution < -0.4 is 5.32 Å². The first kappa shape index (κ1) is 13.6. The number of hydrogen-bond donors (Lipinski definition) is 2. The van der Waals surface area contributed by atoms with Crippen LogP contribution in [-0.4, -0.2) is 17.1 Å². The highest BCUT2D eigenvalue weighted by Gasteiger charge is 2.25. The first-order chi connectivity index (χ1) is 8.08. The lowest BCUT2D eigenvalue weighted by Crippen LogP contribution is -2.36. The van der Waals surface area contributed by atoms with E-state index in [9.17, 15) is 9.90 Å². The monoisotopic (exact) mass is 235 g/mol. The lowest BCUT2D eigenvalue weighted by molar-refractivity contribution is -0.139. The second kappa shape index (κ2) is 6.28. The van der Waals surface area contributed by atoms with Crippen LogP contribution in [0.1, 0.15) is 32.3 Å². The molecule has 0 radical (unpaired) electrons. The van der Waals surface area contributed by atoms with Crippen LogP contribution in [0.25, 0.3) is 0 Å². The molecule has 0 fully saturated rings. The quantitative estimate of drug-likeness (QED) is 0.795. The summed E-state index contributed by atoms with van der Waals surface area (Å²) in [6, 6.07) is 7.30. The van der Waals surface area contributed by atoms with Crippen molar-refractivity contribution >= 4 is 11.7 Å². The van der Waals surface area contributed by atoms with E-state index < -0.39 is 12.0 Å². The summed E-state index contributed by atoms with van der Waals surface area (Å²) < 4.78 is 0. The highest BCUT2D eigenvalue weighted by atomic mass is 16.4. The van der Waals surface area contributed by atoms with Gasteiger partial charge in [0.2, 0.25) is 0 Å². The Morgan fingerprint density at radius 1 is 1.24 bits per heavy atom. The number of carbonyl (C=O) groups is 1. The summed E-state index contributed by atoms with van der Waals surface area (Å²) in [6.07, 6.45) is 1.73. The van der Waals surface area contributed by atoms with Crippen LogP contribution in [0.15, 0.2) is 24.3 Å². The summed E-state index contributed by atoms with van der Waals surface area (Å²) in [5.74, 6) is -0.618. The molecule has 17 heavy (non-hydrogen) atoms. The summed E-state index contributed by atoms with van der Waals surface area (Å²) in [5.41, 5.74) is 2.04. The third-order valence-electron chi connectivity index (χ3n) is 3.16. The Morgan fingerprint density at radius 3 is 2.18 bits per heavy atom. The van der Waals surface area contributed by atoms with Gasteiger partial charge < -0.3 is 10.4 Å². The van der Waals surface area contributed by atoms with Gasteiger partial charge >= 0.3 is 5.97 Å². The second-order valence-corrected chi connectivity index (χ2v) is 4.40. The van der Waals surface area contributed by atoms with E-state index >= 15 is 0 Å². The minimum absolute atomic E-state index is 0.161. The first-order valence-electron chi connectivity index (χ1n) is 6.14. The molecule has 0 heterocycles. The normalized spacial score (nSPS) is 12.5. The van der Waals surface area contributed by atoms with E-state index in [-0.39, 0.29) is 5.92 Å². The SMILES string of the molecule is CCC(CC)C(Nc1ccc(C)cc1)C(=O)O. The highest BCUT2D eigenvalue weighted by molar-refractivity contribution is 5.77. The molecule has 0 saturated carbocycles. The van der Waals surface area contributed by atoms with Gasteiger partial charge in [-0.05, 0) is 25.0 Å². The summed E-state index contributed by atoms with van der Waals surface area (Å²) in [7, 11) is 0. The minimum atomic E-state index is -0.778. The third kappa shape index (κ3) is 3.77. The van der Waals surface area contributed by atoms with Gasteiger partial charge in [0.05, 0.1) is 0 Å². The van der Waals surface area contributed by atoms with E-state index in [4.69, 9.17) is 0 Å². The molecule has 1 aromatic carbocycles. The molecule has 94 valence electrons. The van der Waals surface area contributed by atoms with E-state index in [1.807, 2.05) is 45.0 Å². The molecule has 1 atom stereocenters. The number of aryl methyl sites for hydroxylation is 1. The molecule has 0 aromatic heterocycles. The van der Waals surface area contributed by atoms with Crippen molar-refractivity contribution in [1.82, 2.24) is 0 Å². The molecule has 1 rings (SSSR count). The van der Waals surface area contributed by atoms with Gasteiger partial charge in [-0.15, -0.1) is 0 Å². The molecule has 3 nitrogen and oxygen atoms in total. The van der Waals surface area contributed by atoms with E-state index in [1.165, 1.54) is 5.56 Å². The second-order valence-electron chi connectivity index (χ2n) is 4.40. The van der Waals surface area contributed by atoms with Crippen LogP contribution in [-0.2, 0) is 4.79 Å². The van der Waals surface area contributed by atoms with Gasteiger partial charge in [0.1, 0.15) is 6.04 Å². The number of hydrogen-bond acceptors (Lipinski definition) is 2. The number of carboxylic acid groups (broad SMARTS) is 1. The smallest absolute Gasteiger partial charge is 0.326 e. The van der Waals surface area contributed by atoms with Crippen molar-refractivity contribution in [2.24, 2.45) is 5.92 Å². The Labute approximate surface area is 103 Å². The highest BCUT2D eigenvalue weighted by Crippen LogP contribution is 2.19. The summed E-state index contributed by atoms with van der Waals surface area (Å²) >= 11 is 0. The van der Waals surface area contributed by atoms with Gasteiger partial charge in [-0.1, -0.05) is 44.4 Å². The predicted molar refractivity (Wildman–Crippen MR) is 70.3 cm³/mol. The fourth-order valence-electron chi connectivity index (χ4n) is 1.97. The number of carboxylic acids is 1. The van der Waals surface area contributed by atoms with Crippen molar-refractivity contribution in [3.63, 3.8) is 0 Å². The van der Waals surface area contributed by atoms with E-state index in [0.29, 0.717) is 0 Å². The van der Waals surface area contributed by atoms with Gasteiger partial charge in [-0.25, -0.2) is 4.79 Å². The van der Waals surface area contributed by atoms with Crippen molar-refractivity contribution in [2.45, 2.75) is 39.7 Å². The van der Waals surface area contributed by atoms with Crippen molar-refractivity contribution in [1.29, 1.82) is 0 Å². The predicted octanol–water partition coefficient (Wildman–Crippen LogP) is 3.30. The lowest BCUT2D eigenvalue weighted by Gasteiger charge is -2.23. The van der Waals surface area contributed by atoms with Crippen LogP contribution in [0, 0.1) is 12.8 Å². The number of benzene rings is 1. The summed E-state index contributed by atoms with van der Waals surface area (Å²) in [6.45, 7) is 6.07. The lowest BCUT2D eigenvalue weighted by atomic mass is 9.94. The Morgan fingerprint density at radius 2 is 1.76 bits per heavy atom. The Kier molecular flexibility index (Phi) is 5.01. The minimum Gasteiger partial charge on any atom is -0.480 e. The molecule has 2 N–H and O–H groups in total. The molecule has 0 bridgehead atoms. The standard InChI is InChI=1S/C14H21NO2/c1-4-11(5-2)13(14(16)17)15-12-8-6-10(3)7-9-12/h6-9,11,13,15H,4-5H2,1-3H3,(H,16,17). The molecule has 0 saturated heterocycles. The summed E-state index contributed by atoms with van der Waals surface area (Å²) in [4.78, 5) is 11.3. The zero-order chi connectivity index (χ0) is 12.8. The number of anilines is 1. The molecule has 0 aliphatic carbocycles. The third-order valence-corrected chi connectivity index (χ3v) is 3.16. The van der Waals surface area contributed by atoms with Gasteiger partial charge in [0.15, 0.2) is 0 Å². The van der Waals surface area contributed by atoms with Crippen molar-refractivity contribution in [2.75, 3.05) is 5.32 Å². The Balaban J connectivity index is 2.79. The molecular weight excluding hydrogens is 214 g/mol. The number of aliphatic carboxylic acids is 1. The van der Waals surface area contributed by atoms with E-state index in [0.717, 1.165) is 18.5 Å². The van der Waals surface area contributed by atoms with Crippen molar-refractivity contribution < 1.29 is 9.90 Å². The zero-order valence-corrected chi connectivity index (χ0v) is 10.7. The van der Waals surface area contributed by atoms with Gasteiger partial charge in [-0.2, -0.15) is 0 Å². The van der Waals surface area contributed by atoms with Crippen LogP contribution in [0.2, 0.25) is 0 Å². The molecule has 3 heteroatoms. The molecule has 0 aliphatic heterocycles. The van der Waals surface area contributed by atoms with Crippen LogP contribution in [0.3, 0.4) is 0 Å². The molecular formula is C14H21NO2. The van der Waals surface area contributed by atoms with Gasteiger partial charge in [0, 0.05) is 5.69 Å². The molecule has 1 aromatic rings. The fraction of sp³-hybridized carbons (Fsp3) is 0.500. The fourth-order valence-corrected chi connectivity index (χ4v) is 1.97. The maximum absolute atomic E-state index is 11.3. The largest absolute Gasteiger partial charge is 0.480 e. The molecule has 0 aliphatic rings. The Hall–Kier alpha value is -1.51. The Bertz CT molecular complexity index is 355. The van der Waals surface area contributed by atoms with Gasteiger partial charge in [-0.3, -0.25) is 0 Å². The maximum atomic E-state index is 11.3. The van der Waals surface area contributed by atoms with Crippen LogP contribution >= 0.6 is 0 Å². The van der Waals surface area contributed by atoms with Crippen molar-refractivity contribution in [3.05, 3.63) is 29.8 Å². The van der Waals surface area contributed by atoms with Gasteiger partial charge in [0.25, 0.3) is 0 Å². The molecule has 0 amide bonds. The first-order valence-corrected chi connectivity index (χ1v) is 6.14. The van der Waals surface area contributed by atoms with Crippen molar-refractivity contribution in [3.8, 4) is 0 Å². The van der Waals surface area contributed by atoms with E-state index in [1.54, 1.807) is 0 Å².